The first kappa shape index (κ1) is 11.4. The van der Waals surface area contributed by atoms with Gasteiger partial charge < -0.3 is 9.84 Å². The van der Waals surface area contributed by atoms with Crippen molar-refractivity contribution in [2.24, 2.45) is 0 Å². The number of ether oxygens (including phenoxy) is 1. The standard InChI is InChI=1S/C8H8N2O4S/c1-14-8(13)7-9-3-2-5(10-7)15-4-6(11)12/h2-3H,4H2,1H3,(H,11,12). The summed E-state index contributed by atoms with van der Waals surface area (Å²) in [7, 11) is 1.22. The number of carboxylic acids is 1. The number of carbonyl (C=O) groups is 2. The van der Waals surface area contributed by atoms with Gasteiger partial charge in [0, 0.05) is 6.20 Å². The van der Waals surface area contributed by atoms with Crippen LogP contribution in [0.2, 0.25) is 0 Å². The van der Waals surface area contributed by atoms with Crippen LogP contribution in [0.25, 0.3) is 0 Å². The Morgan fingerprint density at radius 2 is 2.33 bits per heavy atom. The molecule has 0 bridgehead atoms. The summed E-state index contributed by atoms with van der Waals surface area (Å²) in [5.74, 6) is -1.78. The molecule has 0 aromatic carbocycles. The molecule has 0 saturated carbocycles. The monoisotopic (exact) mass is 228 g/mol. The first-order chi connectivity index (χ1) is 7.13. The Morgan fingerprint density at radius 3 is 2.93 bits per heavy atom. The molecule has 0 amide bonds. The first-order valence-electron chi connectivity index (χ1n) is 3.89. The second-order valence-corrected chi connectivity index (χ2v) is 3.39. The predicted octanol–water partition coefficient (Wildman–Crippen LogP) is 0.440. The number of carboxylic acid groups (broad SMARTS) is 1. The lowest BCUT2D eigenvalue weighted by molar-refractivity contribution is -0.133. The number of nitrogens with zero attached hydrogens (tertiary/aromatic N) is 2. The molecule has 15 heavy (non-hydrogen) atoms. The molecule has 0 unspecified atom stereocenters. The minimum absolute atomic E-state index is 0.0760. The van der Waals surface area contributed by atoms with Gasteiger partial charge in [0.2, 0.25) is 5.82 Å². The summed E-state index contributed by atoms with van der Waals surface area (Å²) in [5.41, 5.74) is 0. The average Bonchev–Trinajstić information content (AvgIpc) is 2.25. The number of carbonyl (C=O) groups excluding carboxylic acids is 1. The Bertz CT molecular complexity index is 383. The summed E-state index contributed by atoms with van der Waals surface area (Å²) < 4.78 is 4.43. The molecule has 1 rings (SSSR count). The summed E-state index contributed by atoms with van der Waals surface area (Å²) in [4.78, 5) is 28.8. The summed E-state index contributed by atoms with van der Waals surface area (Å²) >= 11 is 1.01. The highest BCUT2D eigenvalue weighted by molar-refractivity contribution is 7.99. The normalized spacial score (nSPS) is 9.67. The van der Waals surface area contributed by atoms with E-state index in [0.717, 1.165) is 11.8 Å². The van der Waals surface area contributed by atoms with E-state index in [0.29, 0.717) is 5.03 Å². The van der Waals surface area contributed by atoms with Gasteiger partial charge in [0.25, 0.3) is 0 Å². The van der Waals surface area contributed by atoms with Crippen molar-refractivity contribution < 1.29 is 19.4 Å². The molecule has 0 aliphatic heterocycles. The lowest BCUT2D eigenvalue weighted by Crippen LogP contribution is -2.07. The Kier molecular flexibility index (Phi) is 4.04. The predicted molar refractivity (Wildman–Crippen MR) is 51.7 cm³/mol. The van der Waals surface area contributed by atoms with Crippen LogP contribution >= 0.6 is 11.8 Å². The third-order valence-corrected chi connectivity index (χ3v) is 2.26. The van der Waals surface area contributed by atoms with E-state index in [1.807, 2.05) is 0 Å². The van der Waals surface area contributed by atoms with Crippen LogP contribution in [0.1, 0.15) is 10.6 Å². The zero-order valence-electron chi connectivity index (χ0n) is 7.84. The van der Waals surface area contributed by atoms with Crippen LogP contribution in [0.4, 0.5) is 0 Å². The number of rotatable bonds is 4. The molecule has 0 saturated heterocycles. The van der Waals surface area contributed by atoms with Gasteiger partial charge >= 0.3 is 11.9 Å². The van der Waals surface area contributed by atoms with Crippen molar-refractivity contribution in [2.75, 3.05) is 12.9 Å². The van der Waals surface area contributed by atoms with Crippen molar-refractivity contribution in [1.82, 2.24) is 9.97 Å². The number of methoxy groups -OCH3 is 1. The Hall–Kier alpha value is -1.63. The second kappa shape index (κ2) is 5.30. The van der Waals surface area contributed by atoms with Crippen molar-refractivity contribution in [3.63, 3.8) is 0 Å². The SMILES string of the molecule is COC(=O)c1nccc(SCC(=O)O)n1. The van der Waals surface area contributed by atoms with Crippen LogP contribution in [-0.4, -0.2) is 39.9 Å². The molecule has 0 atom stereocenters. The minimum atomic E-state index is -0.946. The Balaban J connectivity index is 2.74. The topological polar surface area (TPSA) is 89.4 Å². The van der Waals surface area contributed by atoms with Gasteiger partial charge in [-0.1, -0.05) is 11.8 Å². The number of esters is 1. The molecule has 6 nitrogen and oxygen atoms in total. The van der Waals surface area contributed by atoms with Gasteiger partial charge in [-0.25, -0.2) is 14.8 Å². The average molecular weight is 228 g/mol. The molecule has 1 N–H and O–H groups in total. The summed E-state index contributed by atoms with van der Waals surface area (Å²) in [6, 6.07) is 1.53. The quantitative estimate of drug-likeness (QED) is 0.454. The third-order valence-electron chi connectivity index (χ3n) is 1.34. The highest BCUT2D eigenvalue weighted by atomic mass is 32.2. The zero-order valence-corrected chi connectivity index (χ0v) is 8.65. The minimum Gasteiger partial charge on any atom is -0.481 e. The fraction of sp³-hybridized carbons (Fsp3) is 0.250. The summed E-state index contributed by atoms with van der Waals surface area (Å²) in [6.07, 6.45) is 1.38. The summed E-state index contributed by atoms with van der Waals surface area (Å²) in [5, 5.41) is 8.87. The van der Waals surface area contributed by atoms with Gasteiger partial charge in [0.15, 0.2) is 0 Å². The number of thioether (sulfide) groups is 1. The fourth-order valence-electron chi connectivity index (χ4n) is 0.748. The van der Waals surface area contributed by atoms with Gasteiger partial charge in [0.1, 0.15) is 5.03 Å². The van der Waals surface area contributed by atoms with Crippen molar-refractivity contribution in [2.45, 2.75) is 5.03 Å². The molecule has 80 valence electrons. The number of aliphatic carboxylic acids is 1. The van der Waals surface area contributed by atoms with E-state index >= 15 is 0 Å². The second-order valence-electron chi connectivity index (χ2n) is 2.39. The van der Waals surface area contributed by atoms with Crippen molar-refractivity contribution in [3.8, 4) is 0 Å². The molecule has 0 radical (unpaired) electrons. The number of hydrogen-bond donors (Lipinski definition) is 1. The van der Waals surface area contributed by atoms with E-state index in [1.54, 1.807) is 0 Å². The van der Waals surface area contributed by atoms with Crippen LogP contribution in [-0.2, 0) is 9.53 Å². The van der Waals surface area contributed by atoms with Crippen molar-refractivity contribution >= 4 is 23.7 Å². The lowest BCUT2D eigenvalue weighted by atomic mass is 10.5. The van der Waals surface area contributed by atoms with E-state index < -0.39 is 11.9 Å². The highest BCUT2D eigenvalue weighted by Gasteiger charge is 2.10. The molecule has 0 fully saturated rings. The zero-order chi connectivity index (χ0) is 11.3. The van der Waals surface area contributed by atoms with Gasteiger partial charge in [0.05, 0.1) is 12.9 Å². The van der Waals surface area contributed by atoms with Gasteiger partial charge in [-0.3, -0.25) is 4.79 Å². The highest BCUT2D eigenvalue weighted by Crippen LogP contribution is 2.13. The van der Waals surface area contributed by atoms with Crippen molar-refractivity contribution in [1.29, 1.82) is 0 Å². The van der Waals surface area contributed by atoms with E-state index in [1.165, 1.54) is 19.4 Å². The molecule has 7 heteroatoms. The van der Waals surface area contributed by atoms with E-state index in [4.69, 9.17) is 5.11 Å². The van der Waals surface area contributed by atoms with E-state index in [2.05, 4.69) is 14.7 Å². The van der Waals surface area contributed by atoms with Crippen LogP contribution in [0.15, 0.2) is 17.3 Å². The largest absolute Gasteiger partial charge is 0.481 e. The van der Waals surface area contributed by atoms with Crippen LogP contribution < -0.4 is 0 Å². The number of hydrogen-bond acceptors (Lipinski definition) is 6. The molecule has 1 aromatic rings. The van der Waals surface area contributed by atoms with Gasteiger partial charge in [-0.2, -0.15) is 0 Å². The Morgan fingerprint density at radius 1 is 1.60 bits per heavy atom. The fourth-order valence-corrected chi connectivity index (χ4v) is 1.33. The van der Waals surface area contributed by atoms with Crippen molar-refractivity contribution in [3.05, 3.63) is 18.1 Å². The molecule has 0 aliphatic rings. The molecular formula is C8H8N2O4S. The molecule has 0 aliphatic carbocycles. The van der Waals surface area contributed by atoms with Crippen LogP contribution in [0.5, 0.6) is 0 Å². The molecule has 0 spiro atoms. The maximum atomic E-state index is 11.0. The van der Waals surface area contributed by atoms with E-state index in [9.17, 15) is 9.59 Å². The molecule has 1 heterocycles. The number of aromatic nitrogens is 2. The maximum Gasteiger partial charge on any atom is 0.376 e. The maximum absolute atomic E-state index is 11.0. The summed E-state index contributed by atoms with van der Waals surface area (Å²) in [6.45, 7) is 0. The molecular weight excluding hydrogens is 220 g/mol. The van der Waals surface area contributed by atoms with Gasteiger partial charge in [-0.15, -0.1) is 0 Å². The van der Waals surface area contributed by atoms with Gasteiger partial charge in [-0.05, 0) is 6.07 Å². The molecule has 1 aromatic heterocycles. The van der Waals surface area contributed by atoms with Crippen LogP contribution in [0, 0.1) is 0 Å². The smallest absolute Gasteiger partial charge is 0.376 e. The first-order valence-corrected chi connectivity index (χ1v) is 4.88. The van der Waals surface area contributed by atoms with Crippen LogP contribution in [0.3, 0.4) is 0 Å². The lowest BCUT2D eigenvalue weighted by Gasteiger charge is -2.00. The third kappa shape index (κ3) is 3.55. The van der Waals surface area contributed by atoms with E-state index in [-0.39, 0.29) is 11.6 Å². The Labute approximate surface area is 89.7 Å².